The highest BCUT2D eigenvalue weighted by molar-refractivity contribution is 5.91. The summed E-state index contributed by atoms with van der Waals surface area (Å²) >= 11 is 0. The molecule has 70 heavy (non-hydrogen) atoms. The molecule has 2 aromatic carbocycles. The van der Waals surface area contributed by atoms with E-state index in [0.29, 0.717) is 33.8 Å². The predicted molar refractivity (Wildman–Crippen MR) is 247 cm³/mol. The molecule has 0 radical (unpaired) electrons. The Morgan fingerprint density at radius 2 is 1.13 bits per heavy atom. The standard InChI is InChI=1S/C48H68F6N8O8/c1-31(55-5)41(64)57-39(43(66)60-23-13-19-37(60)29-58(45(68)47(49,50)51)25-21-35-15-9-7-10-16-35)34(4)70-28-27-62(42(65)32(2)56-6)40(33(3)63)44(67)61-24-14-20-38(61)30-59(46(69)48(52,53)54)26-22-36-17-11-8-12-18-36/h7-12,15-18,31-34,37-40,55-56,63H,13-14,19-30H2,1-6H3,(H,57,64)/t31-,32-,33+,34+,37-,38-,39-,40-/m0/s1. The highest BCUT2D eigenvalue weighted by atomic mass is 19.4. The van der Waals surface area contributed by atoms with E-state index in [1.807, 2.05) is 0 Å². The van der Waals surface area contributed by atoms with Crippen molar-refractivity contribution in [1.82, 2.24) is 40.4 Å². The fraction of sp³-hybridized carbons (Fsp3) is 0.625. The molecule has 0 saturated carbocycles. The fourth-order valence-electron chi connectivity index (χ4n) is 8.80. The number of nitrogens with one attached hydrogen (secondary N) is 3. The number of hydrogen-bond acceptors (Lipinski definition) is 10. The molecule has 2 aliphatic rings. The summed E-state index contributed by atoms with van der Waals surface area (Å²) in [6.07, 6.45) is -11.6. The van der Waals surface area contributed by atoms with E-state index in [-0.39, 0.29) is 65.0 Å². The summed E-state index contributed by atoms with van der Waals surface area (Å²) < 4.78 is 89.5. The van der Waals surface area contributed by atoms with E-state index in [1.165, 1.54) is 51.6 Å². The summed E-state index contributed by atoms with van der Waals surface area (Å²) in [5.41, 5.74) is 1.41. The number of carbonyl (C=O) groups is 6. The van der Waals surface area contributed by atoms with Gasteiger partial charge in [0, 0.05) is 57.9 Å². The molecule has 4 rings (SSSR count). The van der Waals surface area contributed by atoms with Crippen LogP contribution in [0, 0.1) is 0 Å². The molecule has 2 saturated heterocycles. The summed E-state index contributed by atoms with van der Waals surface area (Å²) in [5, 5.41) is 19.5. The second kappa shape index (κ2) is 26.2. The van der Waals surface area contributed by atoms with Gasteiger partial charge in [-0.2, -0.15) is 26.3 Å². The van der Waals surface area contributed by atoms with E-state index < -0.39 is 109 Å². The molecule has 16 nitrogen and oxygen atoms in total. The Bertz CT molecular complexity index is 2030. The molecule has 0 bridgehead atoms. The Morgan fingerprint density at radius 1 is 0.686 bits per heavy atom. The third-order valence-corrected chi connectivity index (χ3v) is 13.0. The van der Waals surface area contributed by atoms with Crippen LogP contribution in [0.15, 0.2) is 60.7 Å². The monoisotopic (exact) mass is 999 g/mol. The molecule has 4 N–H and O–H groups in total. The molecule has 0 unspecified atom stereocenters. The molecule has 0 aliphatic carbocycles. The summed E-state index contributed by atoms with van der Waals surface area (Å²) in [4.78, 5) is 86.9. The molecule has 22 heteroatoms. The maximum atomic E-state index is 14.5. The van der Waals surface area contributed by atoms with Crippen LogP contribution in [0.5, 0.6) is 0 Å². The average molecular weight is 999 g/mol. The van der Waals surface area contributed by atoms with Crippen LogP contribution in [-0.2, 0) is 46.3 Å². The second-order valence-electron chi connectivity index (χ2n) is 17.9. The molecule has 6 amide bonds. The smallest absolute Gasteiger partial charge is 0.391 e. The first-order valence-corrected chi connectivity index (χ1v) is 23.7. The lowest BCUT2D eigenvalue weighted by atomic mass is 10.1. The van der Waals surface area contributed by atoms with Gasteiger partial charge in [0.2, 0.25) is 23.6 Å². The number of aliphatic hydroxyl groups excluding tert-OH is 1. The van der Waals surface area contributed by atoms with Gasteiger partial charge in [0.15, 0.2) is 0 Å². The van der Waals surface area contributed by atoms with Crippen molar-refractivity contribution < 1.29 is 65.0 Å². The normalized spacial score (nSPS) is 18.9. The first kappa shape index (κ1) is 57.3. The van der Waals surface area contributed by atoms with Gasteiger partial charge in [-0.25, -0.2) is 0 Å². The highest BCUT2D eigenvalue weighted by Gasteiger charge is 2.47. The lowest BCUT2D eigenvalue weighted by Crippen LogP contribution is -2.61. The third kappa shape index (κ3) is 15.8. The molecule has 2 aliphatic heterocycles. The molecule has 2 aromatic rings. The summed E-state index contributed by atoms with van der Waals surface area (Å²) in [6.45, 7) is 3.77. The van der Waals surface area contributed by atoms with E-state index >= 15 is 0 Å². The number of nitrogens with zero attached hydrogens (tertiary/aromatic N) is 5. The molecule has 2 heterocycles. The van der Waals surface area contributed by atoms with Gasteiger partial charge in [-0.1, -0.05) is 60.7 Å². The van der Waals surface area contributed by atoms with Gasteiger partial charge in [-0.05, 0) is 91.4 Å². The van der Waals surface area contributed by atoms with E-state index in [9.17, 15) is 60.2 Å². The Kier molecular flexibility index (Phi) is 21.4. The molecular weight excluding hydrogens is 931 g/mol. The maximum absolute atomic E-state index is 14.5. The number of benzene rings is 2. The minimum Gasteiger partial charge on any atom is -0.391 e. The van der Waals surface area contributed by atoms with Crippen molar-refractivity contribution in [3.8, 4) is 0 Å². The van der Waals surface area contributed by atoms with E-state index in [2.05, 4.69) is 16.0 Å². The van der Waals surface area contributed by atoms with Gasteiger partial charge in [-0.15, -0.1) is 0 Å². The summed E-state index contributed by atoms with van der Waals surface area (Å²) in [7, 11) is 3.01. The Balaban J connectivity index is 1.56. The van der Waals surface area contributed by atoms with E-state index in [0.717, 1.165) is 4.90 Å². The predicted octanol–water partition coefficient (Wildman–Crippen LogP) is 2.92. The van der Waals surface area contributed by atoms with Crippen molar-refractivity contribution >= 4 is 35.4 Å². The van der Waals surface area contributed by atoms with Crippen molar-refractivity contribution in [2.45, 2.75) is 127 Å². The van der Waals surface area contributed by atoms with Gasteiger partial charge in [0.25, 0.3) is 0 Å². The number of alkyl halides is 6. The third-order valence-electron chi connectivity index (χ3n) is 13.0. The van der Waals surface area contributed by atoms with Gasteiger partial charge >= 0.3 is 24.2 Å². The van der Waals surface area contributed by atoms with Crippen LogP contribution in [0.4, 0.5) is 26.3 Å². The second-order valence-corrected chi connectivity index (χ2v) is 17.9. The number of carbonyl (C=O) groups excluding carboxylic acids is 6. The SMILES string of the molecule is CN[C@@H](C)C(=O)N[C@H](C(=O)N1CCC[C@H]1CN(CCc1ccccc1)C(=O)C(F)(F)F)[C@@H](C)OCCN(C(=O)[C@H](C)NC)[C@H](C(=O)N1CCC[C@H]1CN(CCc1ccccc1)C(=O)C(F)(F)F)[C@@H](C)O. The Hall–Kier alpha value is -5.32. The fourth-order valence-corrected chi connectivity index (χ4v) is 8.80. The van der Waals surface area contributed by atoms with Crippen LogP contribution in [0.2, 0.25) is 0 Å². The van der Waals surface area contributed by atoms with Gasteiger partial charge in [0.05, 0.1) is 30.9 Å². The number of amides is 6. The topological polar surface area (TPSA) is 184 Å². The van der Waals surface area contributed by atoms with Crippen LogP contribution in [-0.4, -0.2) is 192 Å². The van der Waals surface area contributed by atoms with E-state index in [1.54, 1.807) is 60.7 Å². The van der Waals surface area contributed by atoms with E-state index in [4.69, 9.17) is 4.74 Å². The largest absolute Gasteiger partial charge is 0.471 e. The number of likely N-dealkylation sites (N-methyl/N-ethyl adjacent to an activating group) is 2. The lowest BCUT2D eigenvalue weighted by molar-refractivity contribution is -0.186. The van der Waals surface area contributed by atoms with Gasteiger partial charge in [0.1, 0.15) is 12.1 Å². The van der Waals surface area contributed by atoms with Gasteiger partial charge in [-0.3, -0.25) is 28.8 Å². The molecule has 2 fully saturated rings. The molecule has 8 atom stereocenters. The number of ether oxygens (including phenoxy) is 1. The van der Waals surface area contributed by atoms with Gasteiger partial charge < -0.3 is 50.3 Å². The zero-order valence-electron chi connectivity index (χ0n) is 40.6. The van der Waals surface area contributed by atoms with Crippen molar-refractivity contribution in [2.24, 2.45) is 0 Å². The molecule has 390 valence electrons. The Labute approximate surface area is 405 Å². The van der Waals surface area contributed by atoms with Crippen molar-refractivity contribution in [2.75, 3.05) is 66.5 Å². The average Bonchev–Trinajstić information content (AvgIpc) is 4.01. The minimum atomic E-state index is -5.19. The maximum Gasteiger partial charge on any atom is 0.471 e. The van der Waals surface area contributed by atoms with Crippen molar-refractivity contribution in [3.63, 3.8) is 0 Å². The number of likely N-dealkylation sites (tertiary alicyclic amines) is 2. The first-order chi connectivity index (χ1) is 33.0. The number of hydrogen-bond donors (Lipinski definition) is 4. The molecule has 0 aromatic heterocycles. The van der Waals surface area contributed by atoms with Crippen LogP contribution >= 0.6 is 0 Å². The van der Waals surface area contributed by atoms with Crippen LogP contribution in [0.3, 0.4) is 0 Å². The summed E-state index contributed by atoms with van der Waals surface area (Å²) in [5.74, 6) is -6.84. The van der Waals surface area contributed by atoms with Crippen molar-refractivity contribution in [1.29, 1.82) is 0 Å². The quantitative estimate of drug-likeness (QED) is 0.114. The molecular formula is C48H68F6N8O8. The number of rotatable bonds is 24. The van der Waals surface area contributed by atoms with Crippen molar-refractivity contribution in [3.05, 3.63) is 71.8 Å². The first-order valence-electron chi connectivity index (χ1n) is 23.7. The minimum absolute atomic E-state index is 0.0672. The lowest BCUT2D eigenvalue weighted by Gasteiger charge is -2.39. The highest BCUT2D eigenvalue weighted by Crippen LogP contribution is 2.27. The number of halogens is 6. The van der Waals surface area contributed by atoms with Crippen LogP contribution in [0.25, 0.3) is 0 Å². The van der Waals surface area contributed by atoms with Crippen LogP contribution in [0.1, 0.15) is 64.5 Å². The zero-order valence-corrected chi connectivity index (χ0v) is 40.6. The molecule has 0 spiro atoms. The number of aliphatic hydroxyl groups is 1. The zero-order chi connectivity index (χ0) is 51.9. The van der Waals surface area contributed by atoms with Crippen LogP contribution < -0.4 is 16.0 Å². The Morgan fingerprint density at radius 3 is 1.54 bits per heavy atom. The summed E-state index contributed by atoms with van der Waals surface area (Å²) in [6, 6.07) is 10.8.